The first-order valence-corrected chi connectivity index (χ1v) is 10.7. The SMILES string of the molecule is Cc1c(COC(=O)C2C(C=C(Br)Br)C2(C)C)cccc1-c1ccc(Cl)cc1. The standard InChI is InChI=1S/C22H21Br2ClO2/c1-13-15(5-4-6-17(13)14-7-9-16(25)10-8-14)12-27-21(26)20-18(11-19(23)24)22(20,2)3/h4-11,18,20H,12H2,1-3H3. The lowest BCUT2D eigenvalue weighted by molar-refractivity contribution is -0.147. The Hall–Kier alpha value is -1.10. The molecule has 0 aromatic heterocycles. The summed E-state index contributed by atoms with van der Waals surface area (Å²) in [6.07, 6.45) is 2.03. The average molecular weight is 513 g/mol. The lowest BCUT2D eigenvalue weighted by Crippen LogP contribution is -2.11. The largest absolute Gasteiger partial charge is 0.461 e. The molecule has 0 amide bonds. The molecule has 0 heterocycles. The van der Waals surface area contributed by atoms with Crippen LogP contribution in [0.2, 0.25) is 5.02 Å². The fourth-order valence-corrected chi connectivity index (χ4v) is 4.29. The zero-order valence-corrected chi connectivity index (χ0v) is 19.4. The predicted molar refractivity (Wildman–Crippen MR) is 118 cm³/mol. The van der Waals surface area contributed by atoms with E-state index in [4.69, 9.17) is 16.3 Å². The van der Waals surface area contributed by atoms with Crippen LogP contribution in [-0.2, 0) is 16.1 Å². The molecule has 1 fully saturated rings. The van der Waals surface area contributed by atoms with Crippen LogP contribution >= 0.6 is 43.5 Å². The van der Waals surface area contributed by atoms with E-state index in [1.54, 1.807) is 0 Å². The van der Waals surface area contributed by atoms with E-state index < -0.39 is 0 Å². The summed E-state index contributed by atoms with van der Waals surface area (Å²) in [4.78, 5) is 12.6. The maximum Gasteiger partial charge on any atom is 0.310 e. The van der Waals surface area contributed by atoms with Crippen LogP contribution in [0.25, 0.3) is 11.1 Å². The van der Waals surface area contributed by atoms with Crippen molar-refractivity contribution in [1.82, 2.24) is 0 Å². The van der Waals surface area contributed by atoms with Crippen molar-refractivity contribution in [3.8, 4) is 11.1 Å². The van der Waals surface area contributed by atoms with Gasteiger partial charge in [-0.1, -0.05) is 61.9 Å². The molecule has 142 valence electrons. The second-order valence-corrected chi connectivity index (χ2v) is 10.7. The van der Waals surface area contributed by atoms with Gasteiger partial charge in [0.05, 0.1) is 9.31 Å². The van der Waals surface area contributed by atoms with E-state index >= 15 is 0 Å². The number of hydrogen-bond donors (Lipinski definition) is 0. The van der Waals surface area contributed by atoms with Gasteiger partial charge in [-0.15, -0.1) is 0 Å². The average Bonchev–Trinajstić information content (AvgIpc) is 3.14. The Bertz CT molecular complexity index is 884. The smallest absolute Gasteiger partial charge is 0.310 e. The molecule has 1 aliphatic carbocycles. The first-order valence-electron chi connectivity index (χ1n) is 8.75. The molecule has 0 radical (unpaired) electrons. The fourth-order valence-electron chi connectivity index (χ4n) is 3.60. The summed E-state index contributed by atoms with van der Waals surface area (Å²) < 4.78 is 6.54. The second-order valence-electron chi connectivity index (χ2n) is 7.49. The van der Waals surface area contributed by atoms with Gasteiger partial charge in [0.1, 0.15) is 6.61 Å². The van der Waals surface area contributed by atoms with Crippen molar-refractivity contribution >= 4 is 49.4 Å². The molecule has 2 unspecified atom stereocenters. The third-order valence-electron chi connectivity index (χ3n) is 5.44. The van der Waals surface area contributed by atoms with Crippen LogP contribution in [0.15, 0.2) is 51.9 Å². The van der Waals surface area contributed by atoms with Crippen LogP contribution in [0.5, 0.6) is 0 Å². The van der Waals surface area contributed by atoms with Crippen molar-refractivity contribution < 1.29 is 9.53 Å². The lowest BCUT2D eigenvalue weighted by atomic mass is 9.97. The van der Waals surface area contributed by atoms with Crippen LogP contribution in [-0.4, -0.2) is 5.97 Å². The van der Waals surface area contributed by atoms with E-state index in [0.29, 0.717) is 5.02 Å². The second kappa shape index (κ2) is 8.10. The highest BCUT2D eigenvalue weighted by molar-refractivity contribution is 9.28. The van der Waals surface area contributed by atoms with Crippen molar-refractivity contribution in [3.63, 3.8) is 0 Å². The molecular weight excluding hydrogens is 492 g/mol. The van der Waals surface area contributed by atoms with Crippen molar-refractivity contribution in [3.05, 3.63) is 68.1 Å². The van der Waals surface area contributed by atoms with Crippen molar-refractivity contribution in [2.24, 2.45) is 17.3 Å². The Kier molecular flexibility index (Phi) is 6.19. The van der Waals surface area contributed by atoms with Gasteiger partial charge in [0.15, 0.2) is 0 Å². The molecule has 2 aromatic rings. The van der Waals surface area contributed by atoms with Crippen molar-refractivity contribution in [2.45, 2.75) is 27.4 Å². The molecule has 0 aliphatic heterocycles. The minimum absolute atomic E-state index is 0.0793. The highest BCUT2D eigenvalue weighted by Crippen LogP contribution is 2.60. The van der Waals surface area contributed by atoms with Gasteiger partial charge < -0.3 is 4.74 Å². The highest BCUT2D eigenvalue weighted by atomic mass is 79.9. The summed E-state index contributed by atoms with van der Waals surface area (Å²) in [5.74, 6) is -0.0681. The molecule has 2 aromatic carbocycles. The van der Waals surface area contributed by atoms with E-state index in [2.05, 4.69) is 58.7 Å². The molecule has 1 saturated carbocycles. The molecule has 5 heteroatoms. The van der Waals surface area contributed by atoms with Crippen molar-refractivity contribution in [1.29, 1.82) is 0 Å². The topological polar surface area (TPSA) is 26.3 Å². The predicted octanol–water partition coefficient (Wildman–Crippen LogP) is 7.26. The van der Waals surface area contributed by atoms with Gasteiger partial charge in [-0.25, -0.2) is 0 Å². The van der Waals surface area contributed by atoms with E-state index in [0.717, 1.165) is 25.6 Å². The Labute approximate surface area is 182 Å². The number of carbonyl (C=O) groups is 1. The molecule has 2 atom stereocenters. The molecule has 2 nitrogen and oxygen atoms in total. The van der Waals surface area contributed by atoms with E-state index in [-0.39, 0.29) is 29.8 Å². The summed E-state index contributed by atoms with van der Waals surface area (Å²) in [6.45, 7) is 6.52. The van der Waals surface area contributed by atoms with Gasteiger partial charge in [0, 0.05) is 5.02 Å². The minimum Gasteiger partial charge on any atom is -0.461 e. The summed E-state index contributed by atoms with van der Waals surface area (Å²) >= 11 is 12.7. The van der Waals surface area contributed by atoms with Gasteiger partial charge in [0.25, 0.3) is 0 Å². The number of ether oxygens (including phenoxy) is 1. The third-order valence-corrected chi connectivity index (χ3v) is 6.22. The fraction of sp³-hybridized carbons (Fsp3) is 0.318. The quantitative estimate of drug-likeness (QED) is 0.394. The van der Waals surface area contributed by atoms with Gasteiger partial charge >= 0.3 is 5.97 Å². The summed E-state index contributed by atoms with van der Waals surface area (Å²) in [5, 5.41) is 0.715. The Morgan fingerprint density at radius 3 is 2.48 bits per heavy atom. The summed E-state index contributed by atoms with van der Waals surface area (Å²) in [6, 6.07) is 13.8. The van der Waals surface area contributed by atoms with Crippen LogP contribution in [0.1, 0.15) is 25.0 Å². The number of benzene rings is 2. The van der Waals surface area contributed by atoms with Crippen LogP contribution in [0.3, 0.4) is 0 Å². The molecule has 0 N–H and O–H groups in total. The number of esters is 1. The van der Waals surface area contributed by atoms with Gasteiger partial charge in [0.2, 0.25) is 0 Å². The zero-order chi connectivity index (χ0) is 19.8. The first-order chi connectivity index (χ1) is 12.7. The van der Waals surface area contributed by atoms with Gasteiger partial charge in [-0.2, -0.15) is 0 Å². The first kappa shape index (κ1) is 20.6. The van der Waals surface area contributed by atoms with E-state index in [1.807, 2.05) is 42.5 Å². The molecule has 3 rings (SSSR count). The van der Waals surface area contributed by atoms with Crippen LogP contribution < -0.4 is 0 Å². The number of carbonyl (C=O) groups excluding carboxylic acids is 1. The Morgan fingerprint density at radius 1 is 1.19 bits per heavy atom. The Balaban J connectivity index is 1.72. The maximum absolute atomic E-state index is 12.6. The molecule has 27 heavy (non-hydrogen) atoms. The minimum atomic E-state index is -0.140. The lowest BCUT2D eigenvalue weighted by Gasteiger charge is -2.12. The molecular formula is C22H21Br2ClO2. The normalized spacial score (nSPS) is 20.1. The van der Waals surface area contributed by atoms with Crippen molar-refractivity contribution in [2.75, 3.05) is 0 Å². The van der Waals surface area contributed by atoms with Crippen LogP contribution in [0.4, 0.5) is 0 Å². The summed E-state index contributed by atoms with van der Waals surface area (Å²) in [7, 11) is 0. The molecule has 1 aliphatic rings. The monoisotopic (exact) mass is 510 g/mol. The van der Waals surface area contributed by atoms with Gasteiger partial charge in [-0.3, -0.25) is 4.79 Å². The van der Waals surface area contributed by atoms with Gasteiger partial charge in [-0.05, 0) is 84.5 Å². The number of rotatable bonds is 5. The van der Waals surface area contributed by atoms with E-state index in [9.17, 15) is 4.79 Å². The third kappa shape index (κ3) is 4.49. The number of halogens is 3. The maximum atomic E-state index is 12.6. The molecule has 0 bridgehead atoms. The number of allylic oxidation sites excluding steroid dienone is 1. The summed E-state index contributed by atoms with van der Waals surface area (Å²) in [5.41, 5.74) is 4.27. The van der Waals surface area contributed by atoms with E-state index in [1.165, 1.54) is 0 Å². The molecule has 0 spiro atoms. The molecule has 0 saturated heterocycles. The van der Waals surface area contributed by atoms with Crippen LogP contribution in [0, 0.1) is 24.2 Å². The highest BCUT2D eigenvalue weighted by Gasteiger charge is 2.61. The number of hydrogen-bond acceptors (Lipinski definition) is 2. The zero-order valence-electron chi connectivity index (χ0n) is 15.4. The Morgan fingerprint density at radius 2 is 1.85 bits per heavy atom.